The van der Waals surface area contributed by atoms with Crippen molar-refractivity contribution < 1.29 is 41.0 Å². The lowest BCUT2D eigenvalue weighted by atomic mass is 9.86. The summed E-state index contributed by atoms with van der Waals surface area (Å²) < 4.78 is 78.6. The highest BCUT2D eigenvalue weighted by atomic mass is 19.4. The molecule has 1 saturated carbocycles. The number of carboxylic acid groups (broad SMARTS) is 1. The van der Waals surface area contributed by atoms with E-state index in [2.05, 4.69) is 0 Å². The van der Waals surface area contributed by atoms with E-state index in [4.69, 9.17) is 5.11 Å². The zero-order valence-corrected chi connectivity index (χ0v) is 13.8. The van der Waals surface area contributed by atoms with Crippen molar-refractivity contribution in [2.45, 2.75) is 37.0 Å². The summed E-state index contributed by atoms with van der Waals surface area (Å²) in [6.45, 7) is -1.45. The number of carbonyl (C=O) groups is 2. The van der Waals surface area contributed by atoms with E-state index >= 15 is 0 Å². The molecule has 2 aliphatic rings. The minimum absolute atomic E-state index is 0.0853. The van der Waals surface area contributed by atoms with Gasteiger partial charge in [0.05, 0.1) is 11.0 Å². The molecule has 1 aliphatic heterocycles. The van der Waals surface area contributed by atoms with E-state index in [9.17, 15) is 35.9 Å². The van der Waals surface area contributed by atoms with Crippen molar-refractivity contribution in [1.82, 2.24) is 4.90 Å². The topological polar surface area (TPSA) is 57.6 Å². The van der Waals surface area contributed by atoms with Crippen molar-refractivity contribution >= 4 is 11.9 Å². The van der Waals surface area contributed by atoms with Gasteiger partial charge in [0.1, 0.15) is 0 Å². The Bertz CT molecular complexity index is 784. The van der Waals surface area contributed by atoms with Gasteiger partial charge in [-0.2, -0.15) is 26.3 Å². The van der Waals surface area contributed by atoms with Crippen molar-refractivity contribution in [3.05, 3.63) is 35.4 Å². The van der Waals surface area contributed by atoms with E-state index in [-0.39, 0.29) is 18.4 Å². The van der Waals surface area contributed by atoms with E-state index in [1.54, 1.807) is 0 Å². The summed E-state index contributed by atoms with van der Waals surface area (Å²) in [4.78, 5) is 24.9. The van der Waals surface area contributed by atoms with Crippen LogP contribution in [0.5, 0.6) is 0 Å². The van der Waals surface area contributed by atoms with Gasteiger partial charge in [0.15, 0.2) is 5.41 Å². The van der Waals surface area contributed by atoms with Crippen molar-refractivity contribution in [1.29, 1.82) is 0 Å². The number of aliphatic carboxylic acids is 1. The maximum atomic E-state index is 13.3. The van der Waals surface area contributed by atoms with E-state index < -0.39 is 60.1 Å². The Hall–Kier alpha value is -2.26. The van der Waals surface area contributed by atoms with Crippen LogP contribution < -0.4 is 0 Å². The van der Waals surface area contributed by atoms with Crippen LogP contribution in [0.15, 0.2) is 24.3 Å². The van der Waals surface area contributed by atoms with Crippen LogP contribution in [-0.2, 0) is 21.2 Å². The van der Waals surface area contributed by atoms with E-state index in [0.29, 0.717) is 0 Å². The monoisotopic (exact) mass is 395 g/mol. The third-order valence-corrected chi connectivity index (χ3v) is 5.41. The van der Waals surface area contributed by atoms with Gasteiger partial charge in [-0.25, -0.2) is 0 Å². The Balaban J connectivity index is 1.88. The van der Waals surface area contributed by atoms with Gasteiger partial charge in [0, 0.05) is 13.1 Å². The molecule has 1 unspecified atom stereocenters. The van der Waals surface area contributed by atoms with Crippen LogP contribution >= 0.6 is 0 Å². The third-order valence-electron chi connectivity index (χ3n) is 5.41. The molecule has 1 atom stereocenters. The van der Waals surface area contributed by atoms with Crippen LogP contribution in [0.2, 0.25) is 0 Å². The zero-order valence-electron chi connectivity index (χ0n) is 13.8. The molecule has 1 heterocycles. The van der Waals surface area contributed by atoms with Crippen LogP contribution in [0.1, 0.15) is 30.4 Å². The van der Waals surface area contributed by atoms with Crippen molar-refractivity contribution in [3.63, 3.8) is 0 Å². The van der Waals surface area contributed by atoms with Gasteiger partial charge in [-0.1, -0.05) is 18.2 Å². The first kappa shape index (κ1) is 19.5. The molecule has 148 valence electrons. The van der Waals surface area contributed by atoms with E-state index in [1.807, 2.05) is 0 Å². The smallest absolute Gasteiger partial charge is 0.416 e. The summed E-state index contributed by atoms with van der Waals surface area (Å²) in [6.07, 6.45) is -10.0. The fraction of sp³-hybridized carbons (Fsp3) is 0.529. The van der Waals surface area contributed by atoms with Crippen molar-refractivity contribution in [2.24, 2.45) is 5.41 Å². The summed E-state index contributed by atoms with van der Waals surface area (Å²) in [5, 5.41) is 9.08. The standard InChI is InChI=1S/C17H15F6NO3/c18-16(19,20)11-3-1-2-10(8-11)14(4-5-14)12(25)24-7-6-15(9-24,13(26)27)17(21,22)23/h1-3,8H,4-7,9H2,(H,26,27). The number of hydrogen-bond donors (Lipinski definition) is 1. The highest BCUT2D eigenvalue weighted by molar-refractivity contribution is 5.92. The predicted octanol–water partition coefficient (Wildman–Crippen LogP) is 3.60. The minimum Gasteiger partial charge on any atom is -0.481 e. The number of hydrogen-bond acceptors (Lipinski definition) is 2. The van der Waals surface area contributed by atoms with Gasteiger partial charge in [0.25, 0.3) is 0 Å². The fourth-order valence-electron chi connectivity index (χ4n) is 3.56. The van der Waals surface area contributed by atoms with Crippen molar-refractivity contribution in [2.75, 3.05) is 13.1 Å². The molecular formula is C17H15F6NO3. The highest BCUT2D eigenvalue weighted by Crippen LogP contribution is 2.53. The lowest BCUT2D eigenvalue weighted by Crippen LogP contribution is -2.48. The molecular weight excluding hydrogens is 380 g/mol. The lowest BCUT2D eigenvalue weighted by Gasteiger charge is -2.29. The summed E-state index contributed by atoms with van der Waals surface area (Å²) in [7, 11) is 0. The largest absolute Gasteiger partial charge is 0.481 e. The van der Waals surface area contributed by atoms with Crippen LogP contribution in [0.25, 0.3) is 0 Å². The summed E-state index contributed by atoms with van der Waals surface area (Å²) in [6, 6.07) is 4.16. The normalized spacial score (nSPS) is 24.7. The molecule has 1 N–H and O–H groups in total. The Morgan fingerprint density at radius 1 is 1.04 bits per heavy atom. The maximum absolute atomic E-state index is 13.3. The number of halogens is 6. The Morgan fingerprint density at radius 2 is 1.67 bits per heavy atom. The summed E-state index contributed by atoms with van der Waals surface area (Å²) >= 11 is 0. The molecule has 0 radical (unpaired) electrons. The van der Waals surface area contributed by atoms with Crippen LogP contribution in [0.3, 0.4) is 0 Å². The molecule has 2 fully saturated rings. The Kier molecular flexibility index (Phi) is 4.24. The fourth-order valence-corrected chi connectivity index (χ4v) is 3.56. The highest BCUT2D eigenvalue weighted by Gasteiger charge is 2.66. The number of likely N-dealkylation sites (tertiary alicyclic amines) is 1. The van der Waals surface area contributed by atoms with Crippen LogP contribution in [-0.4, -0.2) is 41.1 Å². The number of amides is 1. The van der Waals surface area contributed by atoms with E-state index in [1.165, 1.54) is 6.07 Å². The Labute approximate surface area is 149 Å². The number of carbonyl (C=O) groups excluding carboxylic acids is 1. The molecule has 1 saturated heterocycles. The summed E-state index contributed by atoms with van der Waals surface area (Å²) in [5.41, 5.74) is -5.23. The average Bonchev–Trinajstić information content (AvgIpc) is 3.23. The predicted molar refractivity (Wildman–Crippen MR) is 79.7 cm³/mol. The molecule has 0 spiro atoms. The van der Waals surface area contributed by atoms with Crippen LogP contribution in [0.4, 0.5) is 26.3 Å². The molecule has 1 aromatic rings. The molecule has 1 aromatic carbocycles. The number of rotatable bonds is 3. The molecule has 3 rings (SSSR count). The second-order valence-corrected chi connectivity index (χ2v) is 7.02. The molecule has 0 bridgehead atoms. The van der Waals surface area contributed by atoms with Gasteiger partial charge < -0.3 is 10.0 Å². The minimum atomic E-state index is -5.04. The van der Waals surface area contributed by atoms with Gasteiger partial charge in [-0.05, 0) is 30.9 Å². The molecule has 27 heavy (non-hydrogen) atoms. The molecule has 1 aliphatic carbocycles. The maximum Gasteiger partial charge on any atom is 0.416 e. The second-order valence-electron chi connectivity index (χ2n) is 7.02. The zero-order chi connectivity index (χ0) is 20.3. The number of nitrogens with zero attached hydrogens (tertiary/aromatic N) is 1. The van der Waals surface area contributed by atoms with Gasteiger partial charge >= 0.3 is 18.3 Å². The van der Waals surface area contributed by atoms with Crippen LogP contribution in [0, 0.1) is 5.41 Å². The number of carboxylic acids is 1. The first-order valence-electron chi connectivity index (χ1n) is 8.11. The first-order valence-corrected chi connectivity index (χ1v) is 8.11. The van der Waals surface area contributed by atoms with E-state index in [0.717, 1.165) is 23.1 Å². The molecule has 10 heteroatoms. The second kappa shape index (κ2) is 5.87. The van der Waals surface area contributed by atoms with Gasteiger partial charge in [-0.15, -0.1) is 0 Å². The molecule has 1 amide bonds. The summed E-state index contributed by atoms with van der Waals surface area (Å²) in [5.74, 6) is -2.82. The SMILES string of the molecule is O=C(N1CCC(C(=O)O)(C(F)(F)F)C1)C1(c2cccc(C(F)(F)F)c2)CC1. The van der Waals surface area contributed by atoms with Gasteiger partial charge in [0.2, 0.25) is 5.91 Å². The molecule has 4 nitrogen and oxygen atoms in total. The first-order chi connectivity index (χ1) is 12.3. The number of alkyl halides is 6. The quantitative estimate of drug-likeness (QED) is 0.796. The lowest BCUT2D eigenvalue weighted by molar-refractivity contribution is -0.227. The van der Waals surface area contributed by atoms with Gasteiger partial charge in [-0.3, -0.25) is 9.59 Å². The Morgan fingerprint density at radius 3 is 2.11 bits per heavy atom. The number of benzene rings is 1. The third kappa shape index (κ3) is 3.04. The molecule has 0 aromatic heterocycles. The average molecular weight is 395 g/mol. The van der Waals surface area contributed by atoms with Crippen molar-refractivity contribution in [3.8, 4) is 0 Å².